The molecule has 1 aromatic heterocycles. The summed E-state index contributed by atoms with van der Waals surface area (Å²) in [5.41, 5.74) is 8.46. The van der Waals surface area contributed by atoms with Crippen LogP contribution in [0, 0.1) is 0 Å². The Morgan fingerprint density at radius 2 is 1.56 bits per heavy atom. The number of phenols is 1. The van der Waals surface area contributed by atoms with Crippen molar-refractivity contribution >= 4 is 34.7 Å². The lowest BCUT2D eigenvalue weighted by Crippen LogP contribution is -2.55. The third-order valence-electron chi connectivity index (χ3n) is 5.72. The first-order valence-electron chi connectivity index (χ1n) is 11.3. The van der Waals surface area contributed by atoms with Crippen molar-refractivity contribution in [3.05, 3.63) is 65.9 Å². The van der Waals surface area contributed by atoms with Gasteiger partial charge in [0, 0.05) is 29.9 Å². The van der Waals surface area contributed by atoms with Crippen LogP contribution < -0.4 is 16.4 Å². The molecule has 0 fully saturated rings. The van der Waals surface area contributed by atoms with Gasteiger partial charge in [0.05, 0.1) is 6.04 Å². The summed E-state index contributed by atoms with van der Waals surface area (Å²) in [5.74, 6) is -3.99. The van der Waals surface area contributed by atoms with Gasteiger partial charge in [0.15, 0.2) is 0 Å². The minimum atomic E-state index is -1.45. The van der Waals surface area contributed by atoms with E-state index in [-0.39, 0.29) is 25.0 Å². The Labute approximate surface area is 206 Å². The van der Waals surface area contributed by atoms with Crippen molar-refractivity contribution in [1.82, 2.24) is 15.6 Å². The first-order valence-corrected chi connectivity index (χ1v) is 11.3. The van der Waals surface area contributed by atoms with Crippen LogP contribution in [0.5, 0.6) is 5.75 Å². The summed E-state index contributed by atoms with van der Waals surface area (Å²) in [6.45, 7) is 0. The number of aromatic hydroxyl groups is 1. The lowest BCUT2D eigenvalue weighted by Gasteiger charge is -2.23. The van der Waals surface area contributed by atoms with Crippen molar-refractivity contribution in [3.8, 4) is 5.75 Å². The van der Waals surface area contributed by atoms with Gasteiger partial charge >= 0.3 is 11.9 Å². The molecule has 0 saturated carbocycles. The molecule has 36 heavy (non-hydrogen) atoms. The van der Waals surface area contributed by atoms with E-state index in [1.807, 2.05) is 24.3 Å². The van der Waals surface area contributed by atoms with Crippen molar-refractivity contribution in [2.45, 2.75) is 43.8 Å². The Morgan fingerprint density at radius 1 is 0.889 bits per heavy atom. The number of carbonyl (C=O) groups excluding carboxylic acids is 2. The number of nitrogens with one attached hydrogen (secondary N) is 3. The van der Waals surface area contributed by atoms with Crippen LogP contribution in [0.25, 0.3) is 10.9 Å². The molecule has 8 N–H and O–H groups in total. The van der Waals surface area contributed by atoms with Gasteiger partial charge < -0.3 is 36.7 Å². The van der Waals surface area contributed by atoms with Gasteiger partial charge in [0.25, 0.3) is 0 Å². The topological polar surface area (TPSA) is 195 Å². The van der Waals surface area contributed by atoms with E-state index in [1.54, 1.807) is 18.3 Å². The molecule has 2 amide bonds. The number of aromatic nitrogens is 1. The van der Waals surface area contributed by atoms with Crippen molar-refractivity contribution in [3.63, 3.8) is 0 Å². The van der Waals surface area contributed by atoms with Gasteiger partial charge in [0.2, 0.25) is 11.8 Å². The fraction of sp³-hybridized carbons (Fsp3) is 0.280. The summed E-state index contributed by atoms with van der Waals surface area (Å²) in [6, 6.07) is 9.86. The van der Waals surface area contributed by atoms with Crippen molar-refractivity contribution in [2.75, 3.05) is 0 Å². The smallest absolute Gasteiger partial charge is 0.326 e. The highest BCUT2D eigenvalue weighted by Gasteiger charge is 2.29. The molecule has 11 heteroatoms. The highest BCUT2D eigenvalue weighted by atomic mass is 16.4. The second-order valence-corrected chi connectivity index (χ2v) is 8.43. The molecule has 3 atom stereocenters. The second kappa shape index (κ2) is 11.8. The third kappa shape index (κ3) is 7.06. The third-order valence-corrected chi connectivity index (χ3v) is 5.72. The van der Waals surface area contributed by atoms with E-state index in [0.29, 0.717) is 5.56 Å². The Bertz CT molecular complexity index is 1240. The van der Waals surface area contributed by atoms with Gasteiger partial charge in [-0.2, -0.15) is 0 Å². The van der Waals surface area contributed by atoms with E-state index < -0.39 is 48.3 Å². The van der Waals surface area contributed by atoms with Crippen LogP contribution in [-0.4, -0.2) is 62.2 Å². The lowest BCUT2D eigenvalue weighted by molar-refractivity contribution is -0.143. The summed E-state index contributed by atoms with van der Waals surface area (Å²) in [6.07, 6.45) is 1.17. The number of benzene rings is 2. The average molecular weight is 497 g/mol. The molecular weight excluding hydrogens is 468 g/mol. The molecule has 0 bridgehead atoms. The number of fused-ring (bicyclic) bond motifs is 1. The number of rotatable bonds is 12. The van der Waals surface area contributed by atoms with Crippen LogP contribution in [0.4, 0.5) is 0 Å². The molecule has 0 aliphatic rings. The number of amides is 2. The molecule has 0 spiro atoms. The van der Waals surface area contributed by atoms with Crippen LogP contribution in [0.3, 0.4) is 0 Å². The molecule has 3 rings (SSSR count). The van der Waals surface area contributed by atoms with Gasteiger partial charge in [-0.15, -0.1) is 0 Å². The van der Waals surface area contributed by atoms with Gasteiger partial charge in [0.1, 0.15) is 17.8 Å². The minimum Gasteiger partial charge on any atom is -0.508 e. The largest absolute Gasteiger partial charge is 0.508 e. The molecule has 3 aromatic rings. The first-order chi connectivity index (χ1) is 17.1. The average Bonchev–Trinajstić information content (AvgIpc) is 3.24. The van der Waals surface area contributed by atoms with Gasteiger partial charge in [-0.3, -0.25) is 14.4 Å². The van der Waals surface area contributed by atoms with Gasteiger partial charge in [-0.05, 0) is 42.2 Å². The standard InChI is InChI=1S/C25H28N4O7/c26-18(12-15-13-27-19-4-2-1-3-17(15)19)23(33)29-21(11-14-5-7-16(30)8-6-14)24(34)28-20(25(35)36)9-10-22(31)32/h1-8,13,18,20-21,27,30H,9-12,26H2,(H,28,34)(H,29,33)(H,31,32)(H,35,36)/t18-,20-,21-/m0/s1. The summed E-state index contributed by atoms with van der Waals surface area (Å²) in [5, 5.41) is 33.6. The molecule has 0 unspecified atom stereocenters. The number of H-pyrrole nitrogens is 1. The molecule has 2 aromatic carbocycles. The van der Waals surface area contributed by atoms with E-state index in [9.17, 15) is 29.4 Å². The minimum absolute atomic E-state index is 0.0110. The number of hydrogen-bond acceptors (Lipinski definition) is 6. The quantitative estimate of drug-likeness (QED) is 0.192. The number of hydrogen-bond donors (Lipinski definition) is 7. The first kappa shape index (κ1) is 26.2. The molecule has 0 aliphatic heterocycles. The summed E-state index contributed by atoms with van der Waals surface area (Å²) >= 11 is 0. The van der Waals surface area contributed by atoms with Crippen molar-refractivity contribution < 1.29 is 34.5 Å². The molecule has 0 radical (unpaired) electrons. The Kier molecular flexibility index (Phi) is 8.63. The molecule has 11 nitrogen and oxygen atoms in total. The fourth-order valence-electron chi connectivity index (χ4n) is 3.78. The number of aromatic amines is 1. The number of nitrogens with two attached hydrogens (primary N) is 1. The maximum absolute atomic E-state index is 13.0. The molecular formula is C25H28N4O7. The van der Waals surface area contributed by atoms with Gasteiger partial charge in [-0.25, -0.2) is 4.79 Å². The van der Waals surface area contributed by atoms with E-state index in [4.69, 9.17) is 10.8 Å². The van der Waals surface area contributed by atoms with Crippen molar-refractivity contribution in [2.24, 2.45) is 5.73 Å². The highest BCUT2D eigenvalue weighted by molar-refractivity contribution is 5.92. The Balaban J connectivity index is 1.74. The number of para-hydroxylation sites is 1. The van der Waals surface area contributed by atoms with Crippen LogP contribution in [0.2, 0.25) is 0 Å². The monoisotopic (exact) mass is 496 g/mol. The number of phenolic OH excluding ortho intramolecular Hbond substituents is 1. The molecule has 0 saturated heterocycles. The summed E-state index contributed by atoms with van der Waals surface area (Å²) in [7, 11) is 0. The zero-order valence-electron chi connectivity index (χ0n) is 19.3. The Hall–Kier alpha value is -4.38. The van der Waals surface area contributed by atoms with Crippen molar-refractivity contribution in [1.29, 1.82) is 0 Å². The van der Waals surface area contributed by atoms with Crippen LogP contribution in [0.15, 0.2) is 54.7 Å². The summed E-state index contributed by atoms with van der Waals surface area (Å²) < 4.78 is 0. The number of carboxylic acid groups (broad SMARTS) is 2. The Morgan fingerprint density at radius 3 is 2.22 bits per heavy atom. The fourth-order valence-corrected chi connectivity index (χ4v) is 3.78. The molecule has 0 aliphatic carbocycles. The highest BCUT2D eigenvalue weighted by Crippen LogP contribution is 2.19. The number of carboxylic acids is 2. The van der Waals surface area contributed by atoms with Crippen LogP contribution in [-0.2, 0) is 32.0 Å². The normalized spacial score (nSPS) is 13.5. The SMILES string of the molecule is N[C@@H](Cc1c[nH]c2ccccc12)C(=O)N[C@@H](Cc1ccc(O)cc1)C(=O)N[C@@H](CCC(=O)O)C(=O)O. The number of aliphatic carboxylic acids is 2. The van der Waals surface area contributed by atoms with E-state index in [2.05, 4.69) is 15.6 Å². The molecule has 190 valence electrons. The zero-order chi connectivity index (χ0) is 26.2. The predicted octanol–water partition coefficient (Wildman–Crippen LogP) is 0.905. The van der Waals surface area contributed by atoms with E-state index in [1.165, 1.54) is 12.1 Å². The molecule has 1 heterocycles. The second-order valence-electron chi connectivity index (χ2n) is 8.43. The van der Waals surface area contributed by atoms with Gasteiger partial charge in [-0.1, -0.05) is 30.3 Å². The number of carbonyl (C=O) groups is 4. The van der Waals surface area contributed by atoms with Crippen LogP contribution in [0.1, 0.15) is 24.0 Å². The summed E-state index contributed by atoms with van der Waals surface area (Å²) in [4.78, 5) is 51.4. The predicted molar refractivity (Wildman–Crippen MR) is 130 cm³/mol. The van der Waals surface area contributed by atoms with Crippen LogP contribution >= 0.6 is 0 Å². The maximum Gasteiger partial charge on any atom is 0.326 e. The zero-order valence-corrected chi connectivity index (χ0v) is 19.3. The van der Waals surface area contributed by atoms with E-state index in [0.717, 1.165) is 16.5 Å². The maximum atomic E-state index is 13.0. The lowest BCUT2D eigenvalue weighted by atomic mass is 10.0. The van der Waals surface area contributed by atoms with E-state index >= 15 is 0 Å².